The van der Waals surface area contributed by atoms with Crippen molar-refractivity contribution in [1.29, 1.82) is 0 Å². The SMILES string of the molecule is COc1cc(CN(C)C[C@H](O)Cn2ccc3ccccc32)ccc1OCCCN(C)C. The summed E-state index contributed by atoms with van der Waals surface area (Å²) in [5.41, 5.74) is 2.27. The van der Waals surface area contributed by atoms with Gasteiger partial charge in [-0.05, 0) is 62.8 Å². The first-order valence-electron chi connectivity index (χ1n) is 10.8. The molecule has 0 saturated carbocycles. The molecule has 1 heterocycles. The van der Waals surface area contributed by atoms with Crippen LogP contribution in [-0.2, 0) is 13.1 Å². The molecule has 6 nitrogen and oxygen atoms in total. The molecule has 0 unspecified atom stereocenters. The van der Waals surface area contributed by atoms with E-state index in [9.17, 15) is 5.11 Å². The molecule has 0 fully saturated rings. The van der Waals surface area contributed by atoms with Crippen molar-refractivity contribution in [3.05, 3.63) is 60.3 Å². The fourth-order valence-corrected chi connectivity index (χ4v) is 3.81. The molecule has 0 aliphatic heterocycles. The van der Waals surface area contributed by atoms with Gasteiger partial charge >= 0.3 is 0 Å². The van der Waals surface area contributed by atoms with Crippen LogP contribution in [0.1, 0.15) is 12.0 Å². The molecule has 0 saturated heterocycles. The van der Waals surface area contributed by atoms with Crippen LogP contribution >= 0.6 is 0 Å². The number of nitrogens with zero attached hydrogens (tertiary/aromatic N) is 3. The van der Waals surface area contributed by atoms with Gasteiger partial charge in [-0.2, -0.15) is 0 Å². The number of para-hydroxylation sites is 1. The van der Waals surface area contributed by atoms with E-state index in [1.165, 1.54) is 5.39 Å². The first-order valence-corrected chi connectivity index (χ1v) is 10.8. The van der Waals surface area contributed by atoms with Gasteiger partial charge in [0.25, 0.3) is 0 Å². The lowest BCUT2D eigenvalue weighted by Gasteiger charge is -2.22. The molecule has 168 valence electrons. The number of hydrogen-bond acceptors (Lipinski definition) is 5. The van der Waals surface area contributed by atoms with E-state index in [0.29, 0.717) is 19.7 Å². The van der Waals surface area contributed by atoms with E-state index >= 15 is 0 Å². The van der Waals surface area contributed by atoms with Crippen LogP contribution in [0, 0.1) is 0 Å². The number of ether oxygens (including phenoxy) is 2. The van der Waals surface area contributed by atoms with Crippen LogP contribution in [-0.4, -0.2) is 73.5 Å². The van der Waals surface area contributed by atoms with Crippen molar-refractivity contribution in [3.63, 3.8) is 0 Å². The lowest BCUT2D eigenvalue weighted by atomic mass is 10.2. The molecule has 0 amide bonds. The standard InChI is InChI=1S/C25H35N3O3/c1-26(2)13-7-15-31-24-11-10-20(16-25(24)30-4)17-27(3)18-22(29)19-28-14-12-21-8-5-6-9-23(21)28/h5-6,8-12,14,16,22,29H,7,13,15,17-19H2,1-4H3/t22-/m0/s1. The molecule has 31 heavy (non-hydrogen) atoms. The maximum Gasteiger partial charge on any atom is 0.161 e. The molecule has 3 aromatic rings. The van der Waals surface area contributed by atoms with Crippen molar-refractivity contribution < 1.29 is 14.6 Å². The maximum absolute atomic E-state index is 10.6. The third kappa shape index (κ3) is 6.72. The zero-order chi connectivity index (χ0) is 22.2. The molecular formula is C25H35N3O3. The highest BCUT2D eigenvalue weighted by atomic mass is 16.5. The minimum absolute atomic E-state index is 0.456. The molecule has 2 aromatic carbocycles. The second-order valence-electron chi connectivity index (χ2n) is 8.37. The fourth-order valence-electron chi connectivity index (χ4n) is 3.81. The monoisotopic (exact) mass is 425 g/mol. The van der Waals surface area contributed by atoms with Crippen molar-refractivity contribution in [1.82, 2.24) is 14.4 Å². The highest BCUT2D eigenvalue weighted by molar-refractivity contribution is 5.79. The summed E-state index contributed by atoms with van der Waals surface area (Å²) in [6.45, 7) is 3.53. The maximum atomic E-state index is 10.6. The van der Waals surface area contributed by atoms with Crippen LogP contribution < -0.4 is 9.47 Å². The molecule has 1 atom stereocenters. The number of fused-ring (bicyclic) bond motifs is 1. The molecule has 6 heteroatoms. The van der Waals surface area contributed by atoms with Crippen molar-refractivity contribution >= 4 is 10.9 Å². The molecule has 3 rings (SSSR count). The third-order valence-corrected chi connectivity index (χ3v) is 5.30. The van der Waals surface area contributed by atoms with Crippen LogP contribution in [0.4, 0.5) is 0 Å². The second kappa shape index (κ2) is 11.2. The van der Waals surface area contributed by atoms with Gasteiger partial charge in [0, 0.05) is 37.9 Å². The summed E-state index contributed by atoms with van der Waals surface area (Å²) in [6, 6.07) is 16.4. The molecule has 0 bridgehead atoms. The average molecular weight is 426 g/mol. The normalized spacial score (nSPS) is 12.6. The van der Waals surface area contributed by atoms with Gasteiger partial charge in [0.05, 0.1) is 19.8 Å². The molecule has 0 radical (unpaired) electrons. The Morgan fingerprint density at radius 1 is 1.03 bits per heavy atom. The predicted molar refractivity (Wildman–Crippen MR) is 126 cm³/mol. The molecule has 0 aliphatic carbocycles. The van der Waals surface area contributed by atoms with E-state index in [4.69, 9.17) is 9.47 Å². The van der Waals surface area contributed by atoms with Crippen LogP contribution in [0.25, 0.3) is 10.9 Å². The average Bonchev–Trinajstić information content (AvgIpc) is 3.14. The number of aliphatic hydroxyl groups excluding tert-OH is 1. The van der Waals surface area contributed by atoms with E-state index in [0.717, 1.165) is 42.1 Å². The molecule has 0 aliphatic rings. The van der Waals surface area contributed by atoms with E-state index < -0.39 is 6.10 Å². The minimum atomic E-state index is -0.456. The number of hydrogen-bond donors (Lipinski definition) is 1. The van der Waals surface area contributed by atoms with Gasteiger partial charge in [0.2, 0.25) is 0 Å². The van der Waals surface area contributed by atoms with E-state index in [1.54, 1.807) is 7.11 Å². The van der Waals surface area contributed by atoms with Crippen molar-refractivity contribution in [2.24, 2.45) is 0 Å². The highest BCUT2D eigenvalue weighted by Gasteiger charge is 2.13. The summed E-state index contributed by atoms with van der Waals surface area (Å²) in [7, 11) is 7.81. The zero-order valence-corrected chi connectivity index (χ0v) is 19.1. The van der Waals surface area contributed by atoms with E-state index in [2.05, 4.69) is 52.7 Å². The van der Waals surface area contributed by atoms with Gasteiger partial charge in [0.15, 0.2) is 11.5 Å². The Morgan fingerprint density at radius 3 is 2.61 bits per heavy atom. The quantitative estimate of drug-likeness (QED) is 0.450. The Labute approximate surface area is 185 Å². The van der Waals surface area contributed by atoms with Crippen molar-refractivity contribution in [2.75, 3.05) is 47.9 Å². The largest absolute Gasteiger partial charge is 0.493 e. The lowest BCUT2D eigenvalue weighted by molar-refractivity contribution is 0.108. The molecule has 0 spiro atoms. The first kappa shape index (κ1) is 23.1. The Hall–Kier alpha value is -2.54. The van der Waals surface area contributed by atoms with Crippen LogP contribution in [0.5, 0.6) is 11.5 Å². The Bertz CT molecular complexity index is 954. The van der Waals surface area contributed by atoms with Gasteiger partial charge in [-0.3, -0.25) is 4.90 Å². The van der Waals surface area contributed by atoms with Gasteiger partial charge in [-0.15, -0.1) is 0 Å². The second-order valence-corrected chi connectivity index (χ2v) is 8.37. The number of benzene rings is 2. The molecule has 1 N–H and O–H groups in total. The smallest absolute Gasteiger partial charge is 0.161 e. The Morgan fingerprint density at radius 2 is 1.84 bits per heavy atom. The number of rotatable bonds is 12. The minimum Gasteiger partial charge on any atom is -0.493 e. The Kier molecular flexibility index (Phi) is 8.35. The lowest BCUT2D eigenvalue weighted by Crippen LogP contribution is -2.31. The van der Waals surface area contributed by atoms with Crippen molar-refractivity contribution in [2.45, 2.75) is 25.6 Å². The van der Waals surface area contributed by atoms with E-state index in [-0.39, 0.29) is 0 Å². The summed E-state index contributed by atoms with van der Waals surface area (Å²) < 4.78 is 13.5. The Balaban J connectivity index is 1.52. The zero-order valence-electron chi connectivity index (χ0n) is 19.1. The summed E-state index contributed by atoms with van der Waals surface area (Å²) in [4.78, 5) is 4.27. The summed E-state index contributed by atoms with van der Waals surface area (Å²) in [5, 5.41) is 11.8. The van der Waals surface area contributed by atoms with Crippen LogP contribution in [0.3, 0.4) is 0 Å². The number of aromatic nitrogens is 1. The van der Waals surface area contributed by atoms with Crippen LogP contribution in [0.15, 0.2) is 54.7 Å². The summed E-state index contributed by atoms with van der Waals surface area (Å²) in [5.74, 6) is 1.52. The number of aliphatic hydroxyl groups is 1. The topological polar surface area (TPSA) is 50.1 Å². The molecule has 1 aromatic heterocycles. The number of methoxy groups -OCH3 is 1. The fraction of sp³-hybridized carbons (Fsp3) is 0.440. The first-order chi connectivity index (χ1) is 15.0. The van der Waals surface area contributed by atoms with Gasteiger partial charge in [-0.25, -0.2) is 0 Å². The van der Waals surface area contributed by atoms with E-state index in [1.807, 2.05) is 37.5 Å². The predicted octanol–water partition coefficient (Wildman–Crippen LogP) is 3.47. The van der Waals surface area contributed by atoms with Crippen molar-refractivity contribution in [3.8, 4) is 11.5 Å². The van der Waals surface area contributed by atoms with Gasteiger partial charge < -0.3 is 24.0 Å². The van der Waals surface area contributed by atoms with Gasteiger partial charge in [-0.1, -0.05) is 24.3 Å². The van der Waals surface area contributed by atoms with Crippen LogP contribution in [0.2, 0.25) is 0 Å². The number of likely N-dealkylation sites (N-methyl/N-ethyl adjacent to an activating group) is 1. The summed E-state index contributed by atoms with van der Waals surface area (Å²) >= 11 is 0. The molecular weight excluding hydrogens is 390 g/mol. The summed E-state index contributed by atoms with van der Waals surface area (Å²) in [6.07, 6.45) is 2.55. The van der Waals surface area contributed by atoms with Gasteiger partial charge in [0.1, 0.15) is 0 Å². The third-order valence-electron chi connectivity index (χ3n) is 5.30. The highest BCUT2D eigenvalue weighted by Crippen LogP contribution is 2.28.